The highest BCUT2D eigenvalue weighted by atomic mass is 32.2. The molecule has 0 unspecified atom stereocenters. The number of rotatable bonds is 1. The van der Waals surface area contributed by atoms with Crippen molar-refractivity contribution in [1.82, 2.24) is 4.98 Å². The van der Waals surface area contributed by atoms with Crippen molar-refractivity contribution in [2.45, 2.75) is 6.42 Å². The van der Waals surface area contributed by atoms with Crippen molar-refractivity contribution in [3.05, 3.63) is 66.4 Å². The highest BCUT2D eigenvalue weighted by Gasteiger charge is 2.25. The highest BCUT2D eigenvalue weighted by Crippen LogP contribution is 2.28. The van der Waals surface area contributed by atoms with E-state index < -0.39 is 10.2 Å². The second kappa shape index (κ2) is 5.82. The van der Waals surface area contributed by atoms with Crippen LogP contribution < -0.4 is 9.44 Å². The van der Waals surface area contributed by atoms with Crippen LogP contribution in [0.4, 0.5) is 5.69 Å². The number of fused-ring (bicyclic) bond motifs is 2. The Morgan fingerprint density at radius 3 is 2.50 bits per heavy atom. The maximum absolute atomic E-state index is 11.1. The third-order valence-corrected chi connectivity index (χ3v) is 4.61. The molecular weight excluding hydrogens is 298 g/mol. The summed E-state index contributed by atoms with van der Waals surface area (Å²) in [5.41, 5.74) is 2.96. The summed E-state index contributed by atoms with van der Waals surface area (Å²) >= 11 is 0. The largest absolute Gasteiger partial charge is 0.361 e. The van der Waals surface area contributed by atoms with Crippen LogP contribution in [0.5, 0.6) is 0 Å². The van der Waals surface area contributed by atoms with E-state index >= 15 is 0 Å². The first-order valence-corrected chi connectivity index (χ1v) is 8.46. The van der Waals surface area contributed by atoms with Gasteiger partial charge < -0.3 is 4.98 Å². The van der Waals surface area contributed by atoms with Crippen LogP contribution in [0.15, 0.2) is 60.8 Å². The van der Waals surface area contributed by atoms with Crippen LogP contribution in [0.25, 0.3) is 10.9 Å². The lowest BCUT2D eigenvalue weighted by atomic mass is 10.2. The predicted octanol–water partition coefficient (Wildman–Crippen LogP) is 2.42. The number of aromatic nitrogens is 1. The molecule has 0 radical (unpaired) electrons. The highest BCUT2D eigenvalue weighted by molar-refractivity contribution is 7.90. The van der Waals surface area contributed by atoms with Gasteiger partial charge in [-0.1, -0.05) is 36.4 Å². The number of nitrogens with two attached hydrogens (primary N) is 1. The minimum absolute atomic E-state index is 0.457. The summed E-state index contributed by atoms with van der Waals surface area (Å²) < 4.78 is 23.4. The van der Waals surface area contributed by atoms with Gasteiger partial charge in [-0.05, 0) is 35.6 Å². The molecule has 1 aliphatic heterocycles. The van der Waals surface area contributed by atoms with Gasteiger partial charge in [0.2, 0.25) is 0 Å². The first kappa shape index (κ1) is 14.6. The number of hydrogen-bond donors (Lipinski definition) is 2. The molecule has 3 N–H and O–H groups in total. The topological polar surface area (TPSA) is 79.2 Å². The van der Waals surface area contributed by atoms with E-state index in [0.717, 1.165) is 12.0 Å². The molecule has 0 saturated carbocycles. The van der Waals surface area contributed by atoms with Crippen molar-refractivity contribution >= 4 is 26.8 Å². The molecule has 0 saturated heterocycles. The van der Waals surface area contributed by atoms with Crippen LogP contribution in [-0.2, 0) is 16.6 Å². The predicted molar refractivity (Wildman–Crippen MR) is 88.9 cm³/mol. The Bertz CT molecular complexity index is 857. The van der Waals surface area contributed by atoms with Gasteiger partial charge in [0.15, 0.2) is 0 Å². The van der Waals surface area contributed by atoms with Gasteiger partial charge in [0.05, 0.1) is 5.69 Å². The fourth-order valence-electron chi connectivity index (χ4n) is 2.57. The van der Waals surface area contributed by atoms with Crippen LogP contribution in [0, 0.1) is 0 Å². The fraction of sp³-hybridized carbons (Fsp3) is 0.125. The normalized spacial score (nSPS) is 13.6. The maximum atomic E-state index is 11.1. The minimum atomic E-state index is -3.58. The average Bonchev–Trinajstić information content (AvgIpc) is 3.14. The summed E-state index contributed by atoms with van der Waals surface area (Å²) in [6, 6.07) is 17.7. The van der Waals surface area contributed by atoms with Gasteiger partial charge in [0, 0.05) is 18.3 Å². The second-order valence-electron chi connectivity index (χ2n) is 5.06. The quantitative estimate of drug-likeness (QED) is 0.723. The number of nitrogens with zero attached hydrogens (tertiary/aromatic N) is 1. The summed E-state index contributed by atoms with van der Waals surface area (Å²) in [7, 11) is -3.58. The number of nitrogens with one attached hydrogen (secondary N) is 1. The Labute approximate surface area is 129 Å². The Balaban J connectivity index is 0.000000139. The minimum Gasteiger partial charge on any atom is -0.361 e. The zero-order valence-corrected chi connectivity index (χ0v) is 12.8. The second-order valence-corrected chi connectivity index (χ2v) is 6.53. The first-order valence-electron chi connectivity index (χ1n) is 6.96. The molecule has 0 spiro atoms. The van der Waals surface area contributed by atoms with E-state index in [1.165, 1.54) is 15.2 Å². The van der Waals surface area contributed by atoms with Gasteiger partial charge in [-0.15, -0.1) is 0 Å². The SMILES string of the molecule is NS(=O)(=O)N1CCc2ccccc21.c1ccc2[nH]ccc2c1. The van der Waals surface area contributed by atoms with Gasteiger partial charge in [0.1, 0.15) is 0 Å². The molecule has 4 rings (SSSR count). The van der Waals surface area contributed by atoms with Crippen molar-refractivity contribution in [2.24, 2.45) is 5.14 Å². The van der Waals surface area contributed by atoms with E-state index in [9.17, 15) is 8.42 Å². The molecule has 5 nitrogen and oxygen atoms in total. The van der Waals surface area contributed by atoms with Gasteiger partial charge in [0.25, 0.3) is 10.2 Å². The molecule has 22 heavy (non-hydrogen) atoms. The van der Waals surface area contributed by atoms with Crippen LogP contribution in [0.1, 0.15) is 5.56 Å². The molecule has 2 heterocycles. The fourth-order valence-corrected chi connectivity index (χ4v) is 3.37. The van der Waals surface area contributed by atoms with Gasteiger partial charge in [-0.2, -0.15) is 8.42 Å². The molecule has 0 bridgehead atoms. The van der Waals surface area contributed by atoms with Gasteiger partial charge in [-0.3, -0.25) is 4.31 Å². The molecule has 1 aromatic heterocycles. The standard InChI is InChI=1S/C8H10N2O2S.C8H7N/c9-13(11,12)10-6-5-7-3-1-2-4-8(7)10;1-2-4-8-7(3-1)5-6-9-8/h1-4H,5-6H2,(H2,9,11,12);1-6,9H. The van der Waals surface area contributed by atoms with E-state index in [2.05, 4.69) is 23.2 Å². The zero-order chi connectivity index (χ0) is 15.6. The maximum Gasteiger partial charge on any atom is 0.299 e. The number of anilines is 1. The Morgan fingerprint density at radius 1 is 1.00 bits per heavy atom. The van der Waals surface area contributed by atoms with Crippen molar-refractivity contribution in [3.63, 3.8) is 0 Å². The number of H-pyrrole nitrogens is 1. The third-order valence-electron chi connectivity index (χ3n) is 3.61. The van der Waals surface area contributed by atoms with Gasteiger partial charge >= 0.3 is 0 Å². The molecular formula is C16H17N3O2S. The molecule has 114 valence electrons. The van der Waals surface area contributed by atoms with Gasteiger partial charge in [-0.25, -0.2) is 5.14 Å². The third kappa shape index (κ3) is 2.98. The lowest BCUT2D eigenvalue weighted by Crippen LogP contribution is -2.35. The number of hydrogen-bond acceptors (Lipinski definition) is 2. The Kier molecular flexibility index (Phi) is 3.87. The number of benzene rings is 2. The van der Waals surface area contributed by atoms with Crippen LogP contribution in [0.2, 0.25) is 0 Å². The van der Waals surface area contributed by atoms with Crippen molar-refractivity contribution in [3.8, 4) is 0 Å². The Morgan fingerprint density at radius 2 is 1.73 bits per heavy atom. The van der Waals surface area contributed by atoms with Crippen LogP contribution >= 0.6 is 0 Å². The van der Waals surface area contributed by atoms with E-state index in [0.29, 0.717) is 12.2 Å². The molecule has 0 amide bonds. The van der Waals surface area contributed by atoms with Crippen LogP contribution in [-0.4, -0.2) is 19.9 Å². The average molecular weight is 315 g/mol. The summed E-state index contributed by atoms with van der Waals surface area (Å²) in [5, 5.41) is 6.33. The van der Waals surface area contributed by atoms with E-state index in [-0.39, 0.29) is 0 Å². The van der Waals surface area contributed by atoms with Crippen molar-refractivity contribution in [1.29, 1.82) is 0 Å². The lowest BCUT2D eigenvalue weighted by Gasteiger charge is -2.15. The van der Waals surface area contributed by atoms with Crippen molar-refractivity contribution in [2.75, 3.05) is 10.8 Å². The molecule has 0 aliphatic carbocycles. The van der Waals surface area contributed by atoms with E-state index in [1.54, 1.807) is 6.07 Å². The van der Waals surface area contributed by atoms with E-state index in [4.69, 9.17) is 5.14 Å². The van der Waals surface area contributed by atoms with Crippen LogP contribution in [0.3, 0.4) is 0 Å². The summed E-state index contributed by atoms with van der Waals surface area (Å²) in [6.45, 7) is 0.457. The monoisotopic (exact) mass is 315 g/mol. The summed E-state index contributed by atoms with van der Waals surface area (Å²) in [6.07, 6.45) is 2.69. The Hall–Kier alpha value is -2.31. The summed E-state index contributed by atoms with van der Waals surface area (Å²) in [4.78, 5) is 3.12. The smallest absolute Gasteiger partial charge is 0.299 e. The molecule has 0 atom stereocenters. The molecule has 6 heteroatoms. The first-order chi connectivity index (χ1) is 10.6. The summed E-state index contributed by atoms with van der Waals surface area (Å²) in [5.74, 6) is 0. The molecule has 1 aliphatic rings. The number of aromatic amines is 1. The molecule has 0 fully saturated rings. The van der Waals surface area contributed by atoms with E-state index in [1.807, 2.05) is 36.5 Å². The molecule has 2 aromatic carbocycles. The lowest BCUT2D eigenvalue weighted by molar-refractivity contribution is 0.594. The molecule has 3 aromatic rings. The number of para-hydroxylation sites is 2. The zero-order valence-electron chi connectivity index (χ0n) is 11.9. The van der Waals surface area contributed by atoms with Crippen molar-refractivity contribution < 1.29 is 8.42 Å².